The van der Waals surface area contributed by atoms with E-state index in [4.69, 9.17) is 9.84 Å². The summed E-state index contributed by atoms with van der Waals surface area (Å²) in [5.74, 6) is -1.10. The largest absolute Gasteiger partial charge is 0.480 e. The number of nitrogens with zero attached hydrogens (tertiary/aromatic N) is 3. The summed E-state index contributed by atoms with van der Waals surface area (Å²) < 4.78 is 5.34. The zero-order valence-corrected chi connectivity index (χ0v) is 16.6. The maximum absolute atomic E-state index is 12.5. The Hall–Kier alpha value is -1.71. The third-order valence-electron chi connectivity index (χ3n) is 6.10. The van der Waals surface area contributed by atoms with Crippen molar-refractivity contribution in [3.8, 4) is 0 Å². The number of hydrogen-bond acceptors (Lipinski definition) is 6. The molecule has 2 aliphatic heterocycles. The molecule has 9 heteroatoms. The normalized spacial score (nSPS) is 28.4. The molecular weight excluding hydrogens is 364 g/mol. The summed E-state index contributed by atoms with van der Waals surface area (Å²) in [5.41, 5.74) is 0. The standard InChI is InChI=1S/C19H32N4O5/c1-2-22(13-18(25)26)16-10-15(11-16)20-19(27)14-9-17(24)23(12-14)4-3-21-5-7-28-8-6-21/h14-16H,2-13H2,1H3,(H,20,27)(H,25,26). The third-order valence-corrected chi connectivity index (χ3v) is 6.10. The molecule has 2 amide bonds. The van der Waals surface area contributed by atoms with Crippen molar-refractivity contribution in [1.29, 1.82) is 0 Å². The fraction of sp³-hybridized carbons (Fsp3) is 0.842. The lowest BCUT2D eigenvalue weighted by Gasteiger charge is -2.42. The van der Waals surface area contributed by atoms with Crippen LogP contribution in [0.3, 0.4) is 0 Å². The highest BCUT2D eigenvalue weighted by Crippen LogP contribution is 2.27. The lowest BCUT2D eigenvalue weighted by Crippen LogP contribution is -2.55. The summed E-state index contributed by atoms with van der Waals surface area (Å²) in [6.45, 7) is 7.92. The minimum Gasteiger partial charge on any atom is -0.480 e. The molecule has 3 fully saturated rings. The van der Waals surface area contributed by atoms with Crippen molar-refractivity contribution in [3.05, 3.63) is 0 Å². The molecule has 3 aliphatic rings. The number of likely N-dealkylation sites (tertiary alicyclic amines) is 1. The van der Waals surface area contributed by atoms with Gasteiger partial charge in [-0.1, -0.05) is 6.92 Å². The molecule has 1 aliphatic carbocycles. The minimum absolute atomic E-state index is 0.0388. The number of aliphatic carboxylic acids is 1. The predicted octanol–water partition coefficient (Wildman–Crippen LogP) is -0.779. The summed E-state index contributed by atoms with van der Waals surface area (Å²) in [7, 11) is 0. The second-order valence-electron chi connectivity index (χ2n) is 7.98. The second-order valence-corrected chi connectivity index (χ2v) is 7.98. The van der Waals surface area contributed by atoms with Gasteiger partial charge < -0.3 is 20.1 Å². The Morgan fingerprint density at radius 3 is 2.61 bits per heavy atom. The highest BCUT2D eigenvalue weighted by Gasteiger charge is 2.39. The zero-order valence-electron chi connectivity index (χ0n) is 16.6. The molecule has 1 unspecified atom stereocenters. The van der Waals surface area contributed by atoms with Gasteiger partial charge in [0.05, 0.1) is 25.7 Å². The number of carboxylic acid groups (broad SMARTS) is 1. The summed E-state index contributed by atoms with van der Waals surface area (Å²) in [5, 5.41) is 12.0. The Balaban J connectivity index is 1.37. The third kappa shape index (κ3) is 5.42. The highest BCUT2D eigenvalue weighted by atomic mass is 16.5. The molecule has 0 aromatic heterocycles. The van der Waals surface area contributed by atoms with Crippen LogP contribution in [0.15, 0.2) is 0 Å². The summed E-state index contributed by atoms with van der Waals surface area (Å²) >= 11 is 0. The van der Waals surface area contributed by atoms with E-state index in [1.165, 1.54) is 0 Å². The van der Waals surface area contributed by atoms with Crippen LogP contribution in [0.2, 0.25) is 0 Å². The first-order valence-electron chi connectivity index (χ1n) is 10.3. The minimum atomic E-state index is -0.823. The van der Waals surface area contributed by atoms with E-state index >= 15 is 0 Å². The Morgan fingerprint density at radius 1 is 1.25 bits per heavy atom. The van der Waals surface area contributed by atoms with Crippen molar-refractivity contribution >= 4 is 17.8 Å². The van der Waals surface area contributed by atoms with Crippen molar-refractivity contribution < 1.29 is 24.2 Å². The Kier molecular flexibility index (Phi) is 7.25. The number of nitrogens with one attached hydrogen (secondary N) is 1. The average Bonchev–Trinajstić information content (AvgIpc) is 3.02. The first-order chi connectivity index (χ1) is 13.5. The molecular formula is C19H32N4O5. The lowest BCUT2D eigenvalue weighted by molar-refractivity contribution is -0.140. The Morgan fingerprint density at radius 2 is 1.96 bits per heavy atom. The average molecular weight is 396 g/mol. The fourth-order valence-corrected chi connectivity index (χ4v) is 4.25. The van der Waals surface area contributed by atoms with E-state index in [0.29, 0.717) is 19.6 Å². The molecule has 0 aromatic rings. The first-order valence-corrected chi connectivity index (χ1v) is 10.3. The summed E-state index contributed by atoms with van der Waals surface area (Å²) in [6, 6.07) is 0.291. The van der Waals surface area contributed by atoms with Gasteiger partial charge in [0.1, 0.15) is 0 Å². The SMILES string of the molecule is CCN(CC(=O)O)C1CC(NC(=O)C2CC(=O)N(CCN3CCOCC3)C2)C1. The van der Waals surface area contributed by atoms with Crippen LogP contribution in [0.4, 0.5) is 0 Å². The monoisotopic (exact) mass is 396 g/mol. The second kappa shape index (κ2) is 9.67. The van der Waals surface area contributed by atoms with E-state index < -0.39 is 5.97 Å². The van der Waals surface area contributed by atoms with Gasteiger partial charge in [-0.2, -0.15) is 0 Å². The molecule has 1 saturated carbocycles. The smallest absolute Gasteiger partial charge is 0.317 e. The molecule has 0 spiro atoms. The number of carbonyl (C=O) groups is 3. The first kappa shape index (κ1) is 21.0. The lowest BCUT2D eigenvalue weighted by atomic mass is 9.85. The molecule has 0 radical (unpaired) electrons. The van der Waals surface area contributed by atoms with E-state index in [2.05, 4.69) is 10.2 Å². The van der Waals surface area contributed by atoms with Crippen LogP contribution >= 0.6 is 0 Å². The van der Waals surface area contributed by atoms with Gasteiger partial charge in [0.15, 0.2) is 0 Å². The van der Waals surface area contributed by atoms with Gasteiger partial charge in [0.2, 0.25) is 11.8 Å². The molecule has 0 bridgehead atoms. The van der Waals surface area contributed by atoms with E-state index in [9.17, 15) is 14.4 Å². The number of amides is 2. The number of carbonyl (C=O) groups excluding carboxylic acids is 2. The predicted molar refractivity (Wildman–Crippen MR) is 102 cm³/mol. The van der Waals surface area contributed by atoms with Crippen LogP contribution < -0.4 is 5.32 Å². The van der Waals surface area contributed by atoms with Crippen LogP contribution in [-0.4, -0.2) is 109 Å². The van der Waals surface area contributed by atoms with Gasteiger partial charge in [-0.3, -0.25) is 24.2 Å². The van der Waals surface area contributed by atoms with Crippen molar-refractivity contribution in [1.82, 2.24) is 20.0 Å². The van der Waals surface area contributed by atoms with Crippen LogP contribution in [-0.2, 0) is 19.1 Å². The number of ether oxygens (including phenoxy) is 1. The van der Waals surface area contributed by atoms with Gasteiger partial charge in [-0.15, -0.1) is 0 Å². The summed E-state index contributed by atoms with van der Waals surface area (Å²) in [6.07, 6.45) is 1.83. The molecule has 158 valence electrons. The van der Waals surface area contributed by atoms with Crippen LogP contribution in [0.25, 0.3) is 0 Å². The Labute approximate surface area is 166 Å². The van der Waals surface area contributed by atoms with Crippen molar-refractivity contribution in [2.75, 3.05) is 59.0 Å². The number of morpholine rings is 1. The number of likely N-dealkylation sites (N-methyl/N-ethyl adjacent to an activating group) is 1. The maximum Gasteiger partial charge on any atom is 0.317 e. The van der Waals surface area contributed by atoms with Crippen molar-refractivity contribution in [2.24, 2.45) is 5.92 Å². The van der Waals surface area contributed by atoms with E-state index in [-0.39, 0.29) is 42.8 Å². The van der Waals surface area contributed by atoms with Gasteiger partial charge in [-0.25, -0.2) is 0 Å². The number of hydrogen-bond donors (Lipinski definition) is 2. The van der Waals surface area contributed by atoms with E-state index in [0.717, 1.165) is 45.7 Å². The van der Waals surface area contributed by atoms with Gasteiger partial charge >= 0.3 is 5.97 Å². The molecule has 2 N–H and O–H groups in total. The van der Waals surface area contributed by atoms with Crippen LogP contribution in [0, 0.1) is 5.92 Å². The maximum atomic E-state index is 12.5. The molecule has 0 aromatic carbocycles. The van der Waals surface area contributed by atoms with Crippen LogP contribution in [0.5, 0.6) is 0 Å². The highest BCUT2D eigenvalue weighted by molar-refractivity contribution is 5.89. The van der Waals surface area contributed by atoms with E-state index in [1.807, 2.05) is 11.8 Å². The van der Waals surface area contributed by atoms with Crippen molar-refractivity contribution in [2.45, 2.75) is 38.3 Å². The fourth-order valence-electron chi connectivity index (χ4n) is 4.25. The van der Waals surface area contributed by atoms with Gasteiger partial charge in [0.25, 0.3) is 0 Å². The molecule has 3 rings (SSSR count). The molecule has 9 nitrogen and oxygen atoms in total. The summed E-state index contributed by atoms with van der Waals surface area (Å²) in [4.78, 5) is 41.7. The zero-order chi connectivity index (χ0) is 20.1. The van der Waals surface area contributed by atoms with E-state index in [1.54, 1.807) is 4.90 Å². The van der Waals surface area contributed by atoms with Crippen LogP contribution in [0.1, 0.15) is 26.2 Å². The molecule has 28 heavy (non-hydrogen) atoms. The molecule has 1 atom stereocenters. The Bertz CT molecular complexity index is 575. The van der Waals surface area contributed by atoms with Crippen molar-refractivity contribution in [3.63, 3.8) is 0 Å². The molecule has 2 heterocycles. The van der Waals surface area contributed by atoms with Gasteiger partial charge in [0, 0.05) is 51.2 Å². The van der Waals surface area contributed by atoms with Gasteiger partial charge in [-0.05, 0) is 19.4 Å². The quantitative estimate of drug-likeness (QED) is 0.527. The number of carboxylic acids is 1. The molecule has 2 saturated heterocycles. The number of rotatable bonds is 9. The topological polar surface area (TPSA) is 102 Å².